The number of carbonyl (C=O) groups is 4. The lowest BCUT2D eigenvalue weighted by Gasteiger charge is -2.43. The quantitative estimate of drug-likeness (QED) is 0.543. The Morgan fingerprint density at radius 1 is 1.08 bits per heavy atom. The average molecular weight is 562 g/mol. The topological polar surface area (TPSA) is 111 Å². The van der Waals surface area contributed by atoms with E-state index in [4.69, 9.17) is 16.3 Å². The molecule has 2 N–H and O–H groups in total. The molecule has 0 spiro atoms. The molecule has 5 rings (SSSR count). The first-order valence-corrected chi connectivity index (χ1v) is 12.8. The van der Waals surface area contributed by atoms with Crippen LogP contribution in [0.1, 0.15) is 24.3 Å². The summed E-state index contributed by atoms with van der Waals surface area (Å²) in [7, 11) is 1.65. The van der Waals surface area contributed by atoms with Crippen LogP contribution in [-0.4, -0.2) is 74.2 Å². The van der Waals surface area contributed by atoms with Crippen LogP contribution in [0.15, 0.2) is 36.4 Å². The Morgan fingerprint density at radius 3 is 2.33 bits per heavy atom. The summed E-state index contributed by atoms with van der Waals surface area (Å²) < 4.78 is 34.9. The number of anilines is 2. The minimum absolute atomic E-state index is 0.0161. The number of nitrogens with zero attached hydrogens (tertiary/aromatic N) is 3. The Balaban J connectivity index is 1.06. The summed E-state index contributed by atoms with van der Waals surface area (Å²) >= 11 is 5.89. The van der Waals surface area contributed by atoms with Crippen LogP contribution >= 0.6 is 11.6 Å². The second-order valence-corrected chi connectivity index (χ2v) is 10.3. The molecule has 0 aliphatic carbocycles. The van der Waals surface area contributed by atoms with Crippen LogP contribution < -0.4 is 20.4 Å². The molecular formula is C26H26ClF2N5O5. The van der Waals surface area contributed by atoms with Crippen LogP contribution in [0.3, 0.4) is 0 Å². The predicted molar refractivity (Wildman–Crippen MR) is 138 cm³/mol. The van der Waals surface area contributed by atoms with E-state index in [-0.39, 0.29) is 49.3 Å². The third kappa shape index (κ3) is 5.60. The number of hydrogen-bond donors (Lipinski definition) is 2. The van der Waals surface area contributed by atoms with Crippen molar-refractivity contribution in [3.63, 3.8) is 0 Å². The molecule has 0 bridgehead atoms. The molecule has 3 fully saturated rings. The van der Waals surface area contributed by atoms with Gasteiger partial charge in [0.05, 0.1) is 25.0 Å². The fourth-order valence-electron chi connectivity index (χ4n) is 4.84. The fraction of sp³-hybridized carbons (Fsp3) is 0.385. The highest BCUT2D eigenvalue weighted by atomic mass is 35.5. The first kappa shape index (κ1) is 26.7. The molecule has 5 amide bonds. The maximum absolute atomic E-state index is 14.8. The van der Waals surface area contributed by atoms with Crippen LogP contribution in [-0.2, 0) is 14.3 Å². The largest absolute Gasteiger partial charge is 0.442 e. The van der Waals surface area contributed by atoms with Crippen molar-refractivity contribution in [2.75, 3.05) is 43.0 Å². The van der Waals surface area contributed by atoms with Crippen molar-refractivity contribution in [2.45, 2.75) is 30.9 Å². The molecule has 39 heavy (non-hydrogen) atoms. The van der Waals surface area contributed by atoms with Gasteiger partial charge in [0.25, 0.3) is 0 Å². The number of rotatable bonds is 5. The number of benzene rings is 2. The molecule has 13 heteroatoms. The SMILES string of the molecule is CN(C(=O)N1CC(OC(=O)NC2CN(c3cc(F)c(C4CCC(=O)NC4=O)c(F)c3)C2)C1)c1ccc(Cl)cc1. The molecular weight excluding hydrogens is 536 g/mol. The number of urea groups is 1. The highest BCUT2D eigenvalue weighted by Crippen LogP contribution is 2.33. The monoisotopic (exact) mass is 561 g/mol. The fourth-order valence-corrected chi connectivity index (χ4v) is 4.97. The van der Waals surface area contributed by atoms with Crippen molar-refractivity contribution in [3.8, 4) is 0 Å². The zero-order chi connectivity index (χ0) is 27.8. The lowest BCUT2D eigenvalue weighted by molar-refractivity contribution is -0.134. The van der Waals surface area contributed by atoms with Crippen molar-refractivity contribution in [3.05, 3.63) is 58.6 Å². The molecule has 1 unspecified atom stereocenters. The minimum atomic E-state index is -1.06. The molecule has 3 aliphatic heterocycles. The third-order valence-corrected chi connectivity index (χ3v) is 7.37. The molecule has 2 aromatic rings. The molecule has 3 heterocycles. The van der Waals surface area contributed by atoms with E-state index in [1.807, 2.05) is 0 Å². The number of imide groups is 1. The molecule has 206 valence electrons. The van der Waals surface area contributed by atoms with Crippen molar-refractivity contribution < 1.29 is 32.7 Å². The maximum Gasteiger partial charge on any atom is 0.407 e. The molecule has 3 saturated heterocycles. The summed E-state index contributed by atoms with van der Waals surface area (Å²) in [6.07, 6.45) is -1.01. The zero-order valence-corrected chi connectivity index (χ0v) is 21.7. The van der Waals surface area contributed by atoms with E-state index in [0.717, 1.165) is 12.1 Å². The summed E-state index contributed by atoms with van der Waals surface area (Å²) in [4.78, 5) is 53.0. The van der Waals surface area contributed by atoms with Crippen molar-refractivity contribution in [1.29, 1.82) is 0 Å². The van der Waals surface area contributed by atoms with Crippen molar-refractivity contribution in [2.24, 2.45) is 0 Å². The highest BCUT2D eigenvalue weighted by Gasteiger charge is 2.37. The lowest BCUT2D eigenvalue weighted by Crippen LogP contribution is -2.62. The minimum Gasteiger partial charge on any atom is -0.442 e. The van der Waals surface area contributed by atoms with Crippen LogP contribution in [0.2, 0.25) is 5.02 Å². The standard InChI is InChI=1S/C26H26ClF2N5O5/c1-32(16-4-2-14(27)3-5-16)26(38)34-12-18(13-34)39-25(37)30-15-10-33(11-15)17-8-20(28)23(21(29)9-17)19-6-7-22(35)31-24(19)36/h2-5,8-9,15,18-19H,6-7,10-13H2,1H3,(H,30,37)(H,31,35,36). The summed E-state index contributed by atoms with van der Waals surface area (Å²) in [5, 5.41) is 5.39. The van der Waals surface area contributed by atoms with Gasteiger partial charge in [-0.15, -0.1) is 0 Å². The molecule has 10 nitrogen and oxygen atoms in total. The van der Waals surface area contributed by atoms with Crippen LogP contribution in [0.5, 0.6) is 0 Å². The van der Waals surface area contributed by atoms with Gasteiger partial charge in [-0.05, 0) is 42.8 Å². The van der Waals surface area contributed by atoms with E-state index < -0.39 is 41.6 Å². The smallest absolute Gasteiger partial charge is 0.407 e. The van der Waals surface area contributed by atoms with Gasteiger partial charge >= 0.3 is 12.1 Å². The van der Waals surface area contributed by atoms with Crippen LogP contribution in [0, 0.1) is 11.6 Å². The normalized spacial score (nSPS) is 19.6. The highest BCUT2D eigenvalue weighted by molar-refractivity contribution is 6.30. The van der Waals surface area contributed by atoms with E-state index in [2.05, 4.69) is 10.6 Å². The molecule has 0 saturated carbocycles. The Bertz CT molecular complexity index is 1290. The van der Waals surface area contributed by atoms with E-state index in [0.29, 0.717) is 23.8 Å². The van der Waals surface area contributed by atoms with Gasteiger partial charge in [-0.3, -0.25) is 19.8 Å². The number of hydrogen-bond acceptors (Lipinski definition) is 6. The number of piperidine rings is 1. The molecule has 1 atom stereocenters. The first-order chi connectivity index (χ1) is 18.6. The van der Waals surface area contributed by atoms with Crippen molar-refractivity contribution in [1.82, 2.24) is 15.5 Å². The van der Waals surface area contributed by atoms with Gasteiger partial charge in [-0.1, -0.05) is 11.6 Å². The van der Waals surface area contributed by atoms with Crippen LogP contribution in [0.4, 0.5) is 29.7 Å². The Kier molecular flexibility index (Phi) is 7.30. The van der Waals surface area contributed by atoms with Gasteiger partial charge in [0.2, 0.25) is 11.8 Å². The Morgan fingerprint density at radius 2 is 1.72 bits per heavy atom. The summed E-state index contributed by atoms with van der Waals surface area (Å²) in [5.41, 5.74) is 0.617. The second kappa shape index (κ2) is 10.7. The van der Waals surface area contributed by atoms with Crippen molar-refractivity contribution >= 4 is 46.9 Å². The predicted octanol–water partition coefficient (Wildman–Crippen LogP) is 2.99. The number of ether oxygens (including phenoxy) is 1. The number of alkyl carbamates (subject to hydrolysis) is 1. The van der Waals surface area contributed by atoms with Crippen LogP contribution in [0.25, 0.3) is 0 Å². The summed E-state index contributed by atoms with van der Waals surface area (Å²) in [5.74, 6) is -3.96. The first-order valence-electron chi connectivity index (χ1n) is 12.4. The number of amides is 5. The van der Waals surface area contributed by atoms with Gasteiger partial charge < -0.3 is 19.9 Å². The lowest BCUT2D eigenvalue weighted by atomic mass is 9.89. The number of likely N-dealkylation sites (tertiary alicyclic amines) is 1. The molecule has 0 aromatic heterocycles. The van der Waals surface area contributed by atoms with Gasteiger partial charge in [-0.25, -0.2) is 18.4 Å². The molecule has 3 aliphatic rings. The third-order valence-electron chi connectivity index (χ3n) is 7.11. The average Bonchev–Trinajstić information content (AvgIpc) is 2.83. The van der Waals surface area contributed by atoms with E-state index in [1.165, 1.54) is 4.90 Å². The van der Waals surface area contributed by atoms with Gasteiger partial charge in [0, 0.05) is 48.5 Å². The Hall–Kier alpha value is -3.93. The van der Waals surface area contributed by atoms with E-state index in [1.54, 1.807) is 41.1 Å². The summed E-state index contributed by atoms with van der Waals surface area (Å²) in [6.45, 7) is 1.15. The number of nitrogens with one attached hydrogen (secondary N) is 2. The number of carbonyl (C=O) groups excluding carboxylic acids is 4. The van der Waals surface area contributed by atoms with Gasteiger partial charge in [-0.2, -0.15) is 0 Å². The van der Waals surface area contributed by atoms with E-state index >= 15 is 0 Å². The maximum atomic E-state index is 14.8. The van der Waals surface area contributed by atoms with Gasteiger partial charge in [0.15, 0.2) is 0 Å². The van der Waals surface area contributed by atoms with Gasteiger partial charge in [0.1, 0.15) is 17.7 Å². The van der Waals surface area contributed by atoms with E-state index in [9.17, 15) is 28.0 Å². The number of halogens is 3. The molecule has 2 aromatic carbocycles. The second-order valence-electron chi connectivity index (χ2n) is 9.82. The zero-order valence-electron chi connectivity index (χ0n) is 21.0. The Labute approximate surface area is 227 Å². The molecule has 0 radical (unpaired) electrons. The summed E-state index contributed by atoms with van der Waals surface area (Å²) in [6, 6.07) is 8.64.